The van der Waals surface area contributed by atoms with E-state index < -0.39 is 53.3 Å². The molecule has 260 valence electrons. The van der Waals surface area contributed by atoms with Gasteiger partial charge in [-0.05, 0) is 74.1 Å². The first-order chi connectivity index (χ1) is 22.4. The van der Waals surface area contributed by atoms with Crippen LogP contribution in [0.25, 0.3) is 21.5 Å². The molecule has 4 unspecified atom stereocenters. The van der Waals surface area contributed by atoms with E-state index in [1.54, 1.807) is 27.7 Å². The Morgan fingerprint density at radius 2 is 1.50 bits per heavy atom. The summed E-state index contributed by atoms with van der Waals surface area (Å²) in [6.45, 7) is 6.32. The van der Waals surface area contributed by atoms with Gasteiger partial charge in [0.1, 0.15) is 12.7 Å². The lowest BCUT2D eigenvalue weighted by Gasteiger charge is -2.32. The molecule has 4 rings (SSSR count). The van der Waals surface area contributed by atoms with Crippen molar-refractivity contribution in [3.8, 4) is 0 Å². The van der Waals surface area contributed by atoms with E-state index in [0.29, 0.717) is 13.0 Å². The van der Waals surface area contributed by atoms with Crippen molar-refractivity contribution in [3.05, 3.63) is 60.2 Å². The Hall–Kier alpha value is -4.35. The molecular formula is C37H47NO10. The number of benzene rings is 3. The minimum atomic E-state index is -1.27. The fourth-order valence-corrected chi connectivity index (χ4v) is 5.81. The summed E-state index contributed by atoms with van der Waals surface area (Å²) >= 11 is 0. The van der Waals surface area contributed by atoms with Gasteiger partial charge < -0.3 is 28.9 Å². The van der Waals surface area contributed by atoms with Crippen molar-refractivity contribution >= 4 is 51.6 Å². The van der Waals surface area contributed by atoms with Crippen molar-refractivity contribution in [3.63, 3.8) is 0 Å². The monoisotopic (exact) mass is 665 g/mol. The Kier molecular flexibility index (Phi) is 13.2. The van der Waals surface area contributed by atoms with Gasteiger partial charge in [-0.15, -0.1) is 0 Å². The number of esters is 3. The molecule has 1 aliphatic heterocycles. The minimum Gasteiger partial charge on any atom is -0.469 e. The molecule has 1 heterocycles. The average molecular weight is 666 g/mol. The predicted molar refractivity (Wildman–Crippen MR) is 181 cm³/mol. The molecule has 4 atom stereocenters. The summed E-state index contributed by atoms with van der Waals surface area (Å²) in [4.78, 5) is 57.9. The van der Waals surface area contributed by atoms with Crippen LogP contribution in [0.2, 0.25) is 0 Å². The quantitative estimate of drug-likeness (QED) is 0.0284. The second-order valence-electron chi connectivity index (χ2n) is 12.9. The number of fused-ring (bicyclic) bond motifs is 2. The summed E-state index contributed by atoms with van der Waals surface area (Å²) in [7, 11) is 1.27. The van der Waals surface area contributed by atoms with Crippen LogP contribution in [-0.4, -0.2) is 68.4 Å². The van der Waals surface area contributed by atoms with E-state index >= 15 is 0 Å². The number of nitrogens with zero attached hydrogens (tertiary/aromatic N) is 1. The Bertz CT molecular complexity index is 1570. The van der Waals surface area contributed by atoms with Gasteiger partial charge in [0.2, 0.25) is 0 Å². The Morgan fingerprint density at radius 1 is 0.938 bits per heavy atom. The van der Waals surface area contributed by atoms with Crippen LogP contribution in [0.1, 0.15) is 66.4 Å². The van der Waals surface area contributed by atoms with Gasteiger partial charge in [-0.2, -0.15) is 0 Å². The molecule has 1 saturated heterocycles. The molecule has 0 radical (unpaired) electrons. The highest BCUT2D eigenvalue weighted by Gasteiger charge is 2.43. The van der Waals surface area contributed by atoms with Crippen LogP contribution < -0.4 is 0 Å². The molecule has 11 nitrogen and oxygen atoms in total. The lowest BCUT2D eigenvalue weighted by Crippen LogP contribution is -2.37. The number of methoxy groups -OCH3 is 1. The molecule has 0 saturated carbocycles. The van der Waals surface area contributed by atoms with E-state index in [4.69, 9.17) is 23.8 Å². The van der Waals surface area contributed by atoms with E-state index in [-0.39, 0.29) is 39.4 Å². The largest absolute Gasteiger partial charge is 0.469 e. The Morgan fingerprint density at radius 3 is 2.04 bits per heavy atom. The van der Waals surface area contributed by atoms with Crippen LogP contribution >= 0.6 is 0 Å². The maximum Gasteiger partial charge on any atom is 0.340 e. The summed E-state index contributed by atoms with van der Waals surface area (Å²) in [5.74, 6) is -4.60. The number of epoxide rings is 1. The van der Waals surface area contributed by atoms with E-state index in [1.165, 1.54) is 13.3 Å². The van der Waals surface area contributed by atoms with Crippen molar-refractivity contribution in [1.82, 2.24) is 0 Å². The molecule has 1 N–H and O–H groups in total. The second kappa shape index (κ2) is 16.7. The molecule has 11 heteroatoms. The topological polar surface area (TPSA) is 150 Å². The summed E-state index contributed by atoms with van der Waals surface area (Å²) < 4.78 is 20.6. The molecule has 48 heavy (non-hydrogen) atoms. The van der Waals surface area contributed by atoms with E-state index in [9.17, 15) is 24.3 Å². The number of aliphatic hydroxyl groups is 1. The van der Waals surface area contributed by atoms with Gasteiger partial charge in [0.05, 0.1) is 42.6 Å². The zero-order chi connectivity index (χ0) is 34.2. The van der Waals surface area contributed by atoms with E-state index in [2.05, 4.69) is 11.2 Å². The molecule has 3 aromatic carbocycles. The third-order valence-electron chi connectivity index (χ3n) is 8.85. The third-order valence-corrected chi connectivity index (χ3v) is 8.85. The smallest absolute Gasteiger partial charge is 0.340 e. The van der Waals surface area contributed by atoms with Gasteiger partial charge >= 0.3 is 23.9 Å². The molecule has 3 aromatic rings. The zero-order valence-electron chi connectivity index (χ0n) is 27.5. The van der Waals surface area contributed by atoms with Gasteiger partial charge in [0, 0.05) is 5.56 Å². The van der Waals surface area contributed by atoms with Crippen molar-refractivity contribution in [2.75, 3.05) is 27.1 Å². The summed E-state index contributed by atoms with van der Waals surface area (Å²) in [5.41, 5.74) is -1.53. The number of hydrogen-bond donors (Lipinski definition) is 1. The van der Waals surface area contributed by atoms with E-state index in [0.717, 1.165) is 27.1 Å². The zero-order valence-corrected chi connectivity index (χ0v) is 27.5. The number of aliphatic hydroxyl groups excluding tert-OH is 1. The fraction of sp³-hybridized carbons (Fsp3) is 0.486. The number of hydrogen-bond acceptors (Lipinski definition) is 11. The standard InChI is InChI=1S/C36H43NO10.CH4/c1-6-36(4,34(42)43-5)18-26(31(39)45-21-27-20-44-27)16-25(32(40)46-22-38)17-35(2,3)33(41)47-37-19-30-28-13-9-7-11-23(28)15-24-12-8-10-14-29(24)30;/h7-15,19,25-27,38H,6,16-18,20-22H2,1-5H3;1H4/b37-19+;. The minimum absolute atomic E-state index is 0. The number of rotatable bonds is 16. The Balaban J connectivity index is 0.00000625. The lowest BCUT2D eigenvalue weighted by atomic mass is 9.73. The van der Waals surface area contributed by atoms with Crippen LogP contribution in [0.4, 0.5) is 0 Å². The second-order valence-corrected chi connectivity index (χ2v) is 12.9. The van der Waals surface area contributed by atoms with Crippen molar-refractivity contribution in [2.45, 2.75) is 66.9 Å². The highest BCUT2D eigenvalue weighted by atomic mass is 16.7. The van der Waals surface area contributed by atoms with Crippen LogP contribution in [0.3, 0.4) is 0 Å². The highest BCUT2D eigenvalue weighted by molar-refractivity contribution is 6.13. The molecule has 0 aromatic heterocycles. The maximum absolute atomic E-state index is 13.4. The number of carbonyl (C=O) groups excluding carboxylic acids is 4. The fourth-order valence-electron chi connectivity index (χ4n) is 5.81. The maximum atomic E-state index is 13.4. The predicted octanol–water partition coefficient (Wildman–Crippen LogP) is 5.96. The molecule has 0 bridgehead atoms. The van der Waals surface area contributed by atoms with Crippen LogP contribution in [0.5, 0.6) is 0 Å². The summed E-state index contributed by atoms with van der Waals surface area (Å²) in [5, 5.41) is 17.3. The highest BCUT2D eigenvalue weighted by Crippen LogP contribution is 2.38. The van der Waals surface area contributed by atoms with Crippen molar-refractivity contribution in [2.24, 2.45) is 27.8 Å². The van der Waals surface area contributed by atoms with E-state index in [1.807, 2.05) is 48.5 Å². The van der Waals surface area contributed by atoms with Crippen molar-refractivity contribution in [1.29, 1.82) is 0 Å². The third kappa shape index (κ3) is 9.38. The number of ether oxygens (including phenoxy) is 4. The van der Waals surface area contributed by atoms with Crippen LogP contribution in [-0.2, 0) is 43.0 Å². The molecule has 1 aliphatic rings. The summed E-state index contributed by atoms with van der Waals surface area (Å²) in [6.07, 6.45) is 1.49. The summed E-state index contributed by atoms with van der Waals surface area (Å²) in [6, 6.07) is 17.8. The SMILES string of the molecule is C.CCC(C)(CC(CC(CC(C)(C)C(=O)O/N=C/c1c2ccccc2cc2ccccc12)C(=O)OCO)C(=O)OCC1CO1)C(=O)OC. The van der Waals surface area contributed by atoms with Gasteiger partial charge in [0.15, 0.2) is 6.79 Å². The molecular weight excluding hydrogens is 618 g/mol. The lowest BCUT2D eigenvalue weighted by molar-refractivity contribution is -0.163. The number of carbonyl (C=O) groups is 4. The first kappa shape index (κ1) is 38.1. The first-order valence-electron chi connectivity index (χ1n) is 15.7. The number of oxime groups is 1. The average Bonchev–Trinajstić information content (AvgIpc) is 3.90. The van der Waals surface area contributed by atoms with Gasteiger partial charge in [-0.1, -0.05) is 68.0 Å². The van der Waals surface area contributed by atoms with Gasteiger partial charge in [-0.25, -0.2) is 4.79 Å². The van der Waals surface area contributed by atoms with Crippen LogP contribution in [0, 0.1) is 22.7 Å². The molecule has 0 amide bonds. The Labute approximate surface area is 281 Å². The van der Waals surface area contributed by atoms with Crippen molar-refractivity contribution < 1.29 is 48.1 Å². The van der Waals surface area contributed by atoms with Gasteiger partial charge in [0.25, 0.3) is 0 Å². The first-order valence-corrected chi connectivity index (χ1v) is 15.7. The van der Waals surface area contributed by atoms with Gasteiger partial charge in [-0.3, -0.25) is 14.4 Å². The molecule has 1 fully saturated rings. The van der Waals surface area contributed by atoms with Crippen LogP contribution in [0.15, 0.2) is 59.8 Å². The normalized spacial score (nSPS) is 16.8. The molecule has 0 spiro atoms. The molecule has 0 aliphatic carbocycles.